The minimum atomic E-state index is -3.99. The molecule has 0 spiro atoms. The number of hydrogen-bond donors (Lipinski definition) is 0. The Morgan fingerprint density at radius 3 is 2.20 bits per heavy atom. The highest BCUT2D eigenvalue weighted by atomic mass is 19.4. The monoisotopic (exact) mass is 295 g/mol. The van der Waals surface area contributed by atoms with Crippen LogP contribution in [0.3, 0.4) is 0 Å². The molecule has 0 atom stereocenters. The largest absolute Gasteiger partial charge is 0.391 e. The molecule has 5 heteroatoms. The fraction of sp³-hybridized carbons (Fsp3) is 1.00. The third-order valence-corrected chi connectivity index (χ3v) is 4.02. The predicted octanol–water partition coefficient (Wildman–Crippen LogP) is 4.25. The molecule has 0 saturated carbocycles. The number of unbranched alkanes of at least 4 members (excludes halogenated alkanes) is 4. The van der Waals surface area contributed by atoms with Gasteiger partial charge in [0.1, 0.15) is 0 Å². The van der Waals surface area contributed by atoms with Crippen molar-refractivity contribution in [1.29, 1.82) is 0 Å². The number of ether oxygens (including phenoxy) is 1. The van der Waals surface area contributed by atoms with Crippen molar-refractivity contribution in [3.05, 3.63) is 0 Å². The summed E-state index contributed by atoms with van der Waals surface area (Å²) in [4.78, 5) is 2.18. The van der Waals surface area contributed by atoms with Crippen LogP contribution in [0.25, 0.3) is 0 Å². The van der Waals surface area contributed by atoms with E-state index >= 15 is 0 Å². The summed E-state index contributed by atoms with van der Waals surface area (Å²) in [6.45, 7) is 5.80. The first-order valence-electron chi connectivity index (χ1n) is 7.91. The first kappa shape index (κ1) is 17.8. The van der Waals surface area contributed by atoms with Gasteiger partial charge in [-0.1, -0.05) is 19.3 Å². The molecule has 0 bridgehead atoms. The zero-order valence-electron chi connectivity index (χ0n) is 12.6. The number of piperidine rings is 1. The van der Waals surface area contributed by atoms with E-state index in [0.29, 0.717) is 13.1 Å². The summed E-state index contributed by atoms with van der Waals surface area (Å²) in [6.07, 6.45) is 2.34. The van der Waals surface area contributed by atoms with Gasteiger partial charge in [0.25, 0.3) is 0 Å². The van der Waals surface area contributed by atoms with Crippen LogP contribution in [0.2, 0.25) is 0 Å². The van der Waals surface area contributed by atoms with Crippen molar-refractivity contribution >= 4 is 0 Å². The number of alkyl halides is 3. The number of halogens is 3. The zero-order valence-corrected chi connectivity index (χ0v) is 12.6. The smallest absolute Gasteiger partial charge is 0.382 e. The fourth-order valence-electron chi connectivity index (χ4n) is 2.70. The van der Waals surface area contributed by atoms with Crippen molar-refractivity contribution in [3.63, 3.8) is 0 Å². The molecular formula is C15H28F3NO. The van der Waals surface area contributed by atoms with Crippen molar-refractivity contribution in [3.8, 4) is 0 Å². The molecule has 1 aliphatic heterocycles. The number of hydrogen-bond acceptors (Lipinski definition) is 2. The minimum absolute atomic E-state index is 0.276. The van der Waals surface area contributed by atoms with Crippen LogP contribution in [0.4, 0.5) is 13.2 Å². The van der Waals surface area contributed by atoms with E-state index in [1.165, 1.54) is 19.3 Å². The van der Waals surface area contributed by atoms with E-state index in [1.54, 1.807) is 0 Å². The lowest BCUT2D eigenvalue weighted by Crippen LogP contribution is -2.39. The average Bonchev–Trinajstić information content (AvgIpc) is 2.41. The van der Waals surface area contributed by atoms with Gasteiger partial charge in [0.05, 0.1) is 5.92 Å². The van der Waals surface area contributed by atoms with Gasteiger partial charge in [-0.15, -0.1) is 0 Å². The second kappa shape index (κ2) is 9.61. The molecule has 120 valence electrons. The molecule has 0 unspecified atom stereocenters. The molecule has 0 amide bonds. The highest BCUT2D eigenvalue weighted by molar-refractivity contribution is 4.76. The topological polar surface area (TPSA) is 12.5 Å². The second-order valence-electron chi connectivity index (χ2n) is 5.62. The molecule has 1 rings (SSSR count). The van der Waals surface area contributed by atoms with E-state index in [2.05, 4.69) is 4.90 Å². The van der Waals surface area contributed by atoms with Crippen LogP contribution in [0.1, 0.15) is 51.9 Å². The van der Waals surface area contributed by atoms with Crippen LogP contribution >= 0.6 is 0 Å². The first-order valence-corrected chi connectivity index (χ1v) is 7.91. The van der Waals surface area contributed by atoms with Gasteiger partial charge < -0.3 is 9.64 Å². The lowest BCUT2D eigenvalue weighted by molar-refractivity contribution is -0.185. The minimum Gasteiger partial charge on any atom is -0.382 e. The molecule has 0 radical (unpaired) electrons. The molecule has 1 heterocycles. The molecule has 0 N–H and O–H groups in total. The molecule has 0 aromatic heterocycles. The molecule has 0 aromatic carbocycles. The summed E-state index contributed by atoms with van der Waals surface area (Å²) in [5.41, 5.74) is 0. The zero-order chi connectivity index (χ0) is 14.8. The Hall–Kier alpha value is -0.290. The van der Waals surface area contributed by atoms with E-state index in [9.17, 15) is 13.2 Å². The lowest BCUT2D eigenvalue weighted by atomic mass is 9.96. The van der Waals surface area contributed by atoms with E-state index in [1.807, 2.05) is 6.92 Å². The fourth-order valence-corrected chi connectivity index (χ4v) is 2.70. The Bertz CT molecular complexity index is 238. The molecule has 1 saturated heterocycles. The number of likely N-dealkylation sites (tertiary alicyclic amines) is 1. The van der Waals surface area contributed by atoms with E-state index in [-0.39, 0.29) is 12.8 Å². The predicted molar refractivity (Wildman–Crippen MR) is 74.8 cm³/mol. The second-order valence-corrected chi connectivity index (χ2v) is 5.62. The maximum Gasteiger partial charge on any atom is 0.391 e. The van der Waals surface area contributed by atoms with Crippen LogP contribution in [-0.2, 0) is 4.74 Å². The van der Waals surface area contributed by atoms with Gasteiger partial charge >= 0.3 is 6.18 Å². The molecule has 1 aliphatic rings. The van der Waals surface area contributed by atoms with Gasteiger partial charge in [-0.3, -0.25) is 0 Å². The number of nitrogens with zero attached hydrogens (tertiary/aromatic N) is 1. The van der Waals surface area contributed by atoms with Crippen LogP contribution in [0.15, 0.2) is 0 Å². The van der Waals surface area contributed by atoms with Crippen molar-refractivity contribution in [2.75, 3.05) is 32.8 Å². The van der Waals surface area contributed by atoms with Gasteiger partial charge in [-0.05, 0) is 52.2 Å². The Balaban J connectivity index is 1.94. The summed E-state index contributed by atoms with van der Waals surface area (Å²) in [5, 5.41) is 0. The quantitative estimate of drug-likeness (QED) is 0.590. The standard InChI is InChI=1S/C15H28F3NO/c1-2-20-13-7-5-3-4-6-10-19-11-8-14(9-12-19)15(16,17)18/h14H,2-13H2,1H3. The van der Waals surface area contributed by atoms with Crippen LogP contribution < -0.4 is 0 Å². The van der Waals surface area contributed by atoms with E-state index in [4.69, 9.17) is 4.74 Å². The Labute approximate surface area is 120 Å². The third-order valence-electron chi connectivity index (χ3n) is 4.02. The van der Waals surface area contributed by atoms with Crippen LogP contribution in [0.5, 0.6) is 0 Å². The number of rotatable bonds is 9. The van der Waals surface area contributed by atoms with Gasteiger partial charge in [0.15, 0.2) is 0 Å². The summed E-state index contributed by atoms with van der Waals surface area (Å²) < 4.78 is 42.8. The van der Waals surface area contributed by atoms with E-state index < -0.39 is 12.1 Å². The highest BCUT2D eigenvalue weighted by Crippen LogP contribution is 2.34. The van der Waals surface area contributed by atoms with Gasteiger partial charge in [0.2, 0.25) is 0 Å². The summed E-state index contributed by atoms with van der Waals surface area (Å²) in [7, 11) is 0. The molecule has 2 nitrogen and oxygen atoms in total. The average molecular weight is 295 g/mol. The van der Waals surface area contributed by atoms with Crippen molar-refractivity contribution in [2.24, 2.45) is 5.92 Å². The normalized spacial score (nSPS) is 18.6. The molecule has 20 heavy (non-hydrogen) atoms. The molecular weight excluding hydrogens is 267 g/mol. The van der Waals surface area contributed by atoms with Gasteiger partial charge in [0, 0.05) is 13.2 Å². The van der Waals surface area contributed by atoms with Crippen LogP contribution in [-0.4, -0.2) is 43.9 Å². The first-order chi connectivity index (χ1) is 9.54. The SMILES string of the molecule is CCOCCCCCCCN1CCC(C(F)(F)F)CC1. The van der Waals surface area contributed by atoms with E-state index in [0.717, 1.165) is 32.6 Å². The Morgan fingerprint density at radius 2 is 1.60 bits per heavy atom. The highest BCUT2D eigenvalue weighted by Gasteiger charge is 2.40. The molecule has 0 aromatic rings. The molecule has 1 fully saturated rings. The summed E-state index contributed by atoms with van der Waals surface area (Å²) >= 11 is 0. The third kappa shape index (κ3) is 7.48. The van der Waals surface area contributed by atoms with Crippen molar-refractivity contribution in [1.82, 2.24) is 4.90 Å². The van der Waals surface area contributed by atoms with Gasteiger partial charge in [-0.25, -0.2) is 0 Å². The summed E-state index contributed by atoms with van der Waals surface area (Å²) in [5.74, 6) is -1.07. The summed E-state index contributed by atoms with van der Waals surface area (Å²) in [6, 6.07) is 0. The molecule has 0 aliphatic carbocycles. The van der Waals surface area contributed by atoms with Gasteiger partial charge in [-0.2, -0.15) is 13.2 Å². The van der Waals surface area contributed by atoms with Crippen molar-refractivity contribution < 1.29 is 17.9 Å². The lowest BCUT2D eigenvalue weighted by Gasteiger charge is -2.32. The Morgan fingerprint density at radius 1 is 1.00 bits per heavy atom. The maximum absolute atomic E-state index is 12.5. The Kier molecular flexibility index (Phi) is 8.53. The van der Waals surface area contributed by atoms with Crippen LogP contribution in [0, 0.1) is 5.92 Å². The van der Waals surface area contributed by atoms with Crippen molar-refractivity contribution in [2.45, 2.75) is 58.0 Å². The maximum atomic E-state index is 12.5.